The van der Waals surface area contributed by atoms with E-state index < -0.39 is 11.7 Å². The third kappa shape index (κ3) is 4.96. The van der Waals surface area contributed by atoms with Gasteiger partial charge in [-0.2, -0.15) is 13.2 Å². The van der Waals surface area contributed by atoms with Crippen LogP contribution in [0.25, 0.3) is 0 Å². The highest BCUT2D eigenvalue weighted by Gasteiger charge is 2.30. The molecule has 0 spiro atoms. The van der Waals surface area contributed by atoms with E-state index in [0.717, 1.165) is 17.7 Å². The van der Waals surface area contributed by atoms with Gasteiger partial charge in [0.1, 0.15) is 0 Å². The van der Waals surface area contributed by atoms with Gasteiger partial charge in [-0.25, -0.2) is 0 Å². The molecule has 0 fully saturated rings. The molecule has 0 aliphatic heterocycles. The van der Waals surface area contributed by atoms with E-state index in [4.69, 9.17) is 5.73 Å². The van der Waals surface area contributed by atoms with Gasteiger partial charge in [-0.05, 0) is 36.1 Å². The normalized spacial score (nSPS) is 12.1. The van der Waals surface area contributed by atoms with Crippen molar-refractivity contribution in [1.29, 1.82) is 0 Å². The molecule has 1 nitrogen and oxygen atoms in total. The Kier molecular flexibility index (Phi) is 5.49. The molecule has 98 valence electrons. The number of alkyl halides is 3. The number of halogens is 4. The predicted octanol–water partition coefficient (Wildman–Crippen LogP) is 3.65. The summed E-state index contributed by atoms with van der Waals surface area (Å²) in [5.41, 5.74) is 5.76. The standard InChI is InChI=1S/C12H16F3N.ClH/c1-11(2,8-16)7-9-3-5-10(6-4-9)12(13,14)15;/h3-6H,7-8,16H2,1-2H3;1H. The molecule has 2 N–H and O–H groups in total. The van der Waals surface area contributed by atoms with Gasteiger partial charge in [-0.15, -0.1) is 12.4 Å². The molecule has 0 amide bonds. The van der Waals surface area contributed by atoms with E-state index in [1.165, 1.54) is 12.1 Å². The Morgan fingerprint density at radius 1 is 1.06 bits per heavy atom. The molecule has 0 atom stereocenters. The van der Waals surface area contributed by atoms with Crippen molar-refractivity contribution in [2.45, 2.75) is 26.4 Å². The predicted molar refractivity (Wildman–Crippen MR) is 65.2 cm³/mol. The molecule has 0 radical (unpaired) electrons. The molecule has 1 aromatic carbocycles. The van der Waals surface area contributed by atoms with Crippen LogP contribution in [-0.2, 0) is 12.6 Å². The number of benzene rings is 1. The van der Waals surface area contributed by atoms with Crippen LogP contribution in [0.2, 0.25) is 0 Å². The highest BCUT2D eigenvalue weighted by atomic mass is 35.5. The van der Waals surface area contributed by atoms with Crippen molar-refractivity contribution in [2.24, 2.45) is 11.1 Å². The molecule has 0 aliphatic rings. The summed E-state index contributed by atoms with van der Waals surface area (Å²) in [6.07, 6.45) is -3.58. The molecule has 0 unspecified atom stereocenters. The summed E-state index contributed by atoms with van der Waals surface area (Å²) in [6, 6.07) is 5.25. The fourth-order valence-electron chi connectivity index (χ4n) is 1.44. The Morgan fingerprint density at radius 3 is 1.88 bits per heavy atom. The van der Waals surface area contributed by atoms with Crippen molar-refractivity contribution < 1.29 is 13.2 Å². The number of nitrogens with two attached hydrogens (primary N) is 1. The smallest absolute Gasteiger partial charge is 0.330 e. The molecule has 0 bridgehead atoms. The Morgan fingerprint density at radius 2 is 1.53 bits per heavy atom. The Balaban J connectivity index is 0.00000256. The van der Waals surface area contributed by atoms with Crippen LogP contribution in [-0.4, -0.2) is 6.54 Å². The van der Waals surface area contributed by atoms with Gasteiger partial charge in [-0.3, -0.25) is 0 Å². The zero-order chi connectivity index (χ0) is 12.4. The first-order valence-corrected chi connectivity index (χ1v) is 5.11. The quantitative estimate of drug-likeness (QED) is 0.889. The fraction of sp³-hybridized carbons (Fsp3) is 0.500. The summed E-state index contributed by atoms with van der Waals surface area (Å²) in [4.78, 5) is 0. The second kappa shape index (κ2) is 5.74. The maximum atomic E-state index is 12.3. The fourth-order valence-corrected chi connectivity index (χ4v) is 1.44. The van der Waals surface area contributed by atoms with Gasteiger partial charge in [0, 0.05) is 0 Å². The first-order valence-electron chi connectivity index (χ1n) is 5.11. The molecular formula is C12H17ClF3N. The van der Waals surface area contributed by atoms with Crippen LogP contribution >= 0.6 is 12.4 Å². The second-order valence-corrected chi connectivity index (χ2v) is 4.74. The molecule has 5 heteroatoms. The first kappa shape index (κ1) is 16.3. The van der Waals surface area contributed by atoms with Crippen molar-refractivity contribution in [3.8, 4) is 0 Å². The average molecular weight is 268 g/mol. The van der Waals surface area contributed by atoms with Gasteiger partial charge < -0.3 is 5.73 Å². The van der Waals surface area contributed by atoms with E-state index >= 15 is 0 Å². The van der Waals surface area contributed by atoms with E-state index in [2.05, 4.69) is 0 Å². The van der Waals surface area contributed by atoms with E-state index in [1.807, 2.05) is 13.8 Å². The van der Waals surface area contributed by atoms with Gasteiger partial charge in [-0.1, -0.05) is 26.0 Å². The highest BCUT2D eigenvalue weighted by molar-refractivity contribution is 5.85. The molecule has 1 rings (SSSR count). The highest BCUT2D eigenvalue weighted by Crippen LogP contribution is 2.30. The molecule has 1 aromatic rings. The van der Waals surface area contributed by atoms with Crippen molar-refractivity contribution in [3.05, 3.63) is 35.4 Å². The van der Waals surface area contributed by atoms with Crippen LogP contribution in [0.3, 0.4) is 0 Å². The summed E-state index contributed by atoms with van der Waals surface area (Å²) in [5, 5.41) is 0. The van der Waals surface area contributed by atoms with E-state index in [9.17, 15) is 13.2 Å². The summed E-state index contributed by atoms with van der Waals surface area (Å²) in [6.45, 7) is 4.49. The lowest BCUT2D eigenvalue weighted by Gasteiger charge is -2.22. The van der Waals surface area contributed by atoms with Crippen LogP contribution in [0.4, 0.5) is 13.2 Å². The SMILES string of the molecule is CC(C)(CN)Cc1ccc(C(F)(F)F)cc1.Cl. The Bertz CT molecular complexity index is 344. The van der Waals surface area contributed by atoms with Crippen molar-refractivity contribution in [1.82, 2.24) is 0 Å². The Hall–Kier alpha value is -0.740. The lowest BCUT2D eigenvalue weighted by atomic mass is 9.86. The minimum Gasteiger partial charge on any atom is -0.330 e. The molecule has 0 heterocycles. The Labute approximate surface area is 106 Å². The topological polar surface area (TPSA) is 26.0 Å². The monoisotopic (exact) mass is 267 g/mol. The van der Waals surface area contributed by atoms with Gasteiger partial charge in [0.15, 0.2) is 0 Å². The first-order chi connectivity index (χ1) is 7.24. The minimum absolute atomic E-state index is 0. The molecule has 17 heavy (non-hydrogen) atoms. The van der Waals surface area contributed by atoms with E-state index in [0.29, 0.717) is 13.0 Å². The van der Waals surface area contributed by atoms with Gasteiger partial charge in [0.25, 0.3) is 0 Å². The lowest BCUT2D eigenvalue weighted by molar-refractivity contribution is -0.137. The molecule has 0 saturated heterocycles. The number of rotatable bonds is 3. The molecule has 0 aliphatic carbocycles. The zero-order valence-corrected chi connectivity index (χ0v) is 10.7. The second-order valence-electron chi connectivity index (χ2n) is 4.74. The van der Waals surface area contributed by atoms with E-state index in [-0.39, 0.29) is 17.8 Å². The van der Waals surface area contributed by atoms with Gasteiger partial charge in [0.05, 0.1) is 5.56 Å². The van der Waals surface area contributed by atoms with Crippen LogP contribution in [0.15, 0.2) is 24.3 Å². The number of hydrogen-bond acceptors (Lipinski definition) is 1. The minimum atomic E-state index is -4.26. The zero-order valence-electron chi connectivity index (χ0n) is 9.84. The van der Waals surface area contributed by atoms with Crippen molar-refractivity contribution in [2.75, 3.05) is 6.54 Å². The summed E-state index contributed by atoms with van der Waals surface area (Å²) >= 11 is 0. The van der Waals surface area contributed by atoms with Crippen LogP contribution in [0.5, 0.6) is 0 Å². The molecular weight excluding hydrogens is 251 g/mol. The summed E-state index contributed by atoms with van der Waals surface area (Å²) in [7, 11) is 0. The van der Waals surface area contributed by atoms with E-state index in [1.54, 1.807) is 0 Å². The largest absolute Gasteiger partial charge is 0.416 e. The summed E-state index contributed by atoms with van der Waals surface area (Å²) < 4.78 is 36.9. The maximum absolute atomic E-state index is 12.3. The van der Waals surface area contributed by atoms with Crippen LogP contribution in [0, 0.1) is 5.41 Å². The van der Waals surface area contributed by atoms with Crippen molar-refractivity contribution in [3.63, 3.8) is 0 Å². The van der Waals surface area contributed by atoms with Gasteiger partial charge in [0.2, 0.25) is 0 Å². The molecule has 0 aromatic heterocycles. The molecule has 0 saturated carbocycles. The summed E-state index contributed by atoms with van der Waals surface area (Å²) in [5.74, 6) is 0. The third-order valence-corrected chi connectivity index (χ3v) is 2.52. The van der Waals surface area contributed by atoms with Crippen molar-refractivity contribution >= 4 is 12.4 Å². The van der Waals surface area contributed by atoms with Gasteiger partial charge >= 0.3 is 6.18 Å². The number of hydrogen-bond donors (Lipinski definition) is 1. The lowest BCUT2D eigenvalue weighted by Crippen LogP contribution is -2.25. The van der Waals surface area contributed by atoms with Crippen LogP contribution < -0.4 is 5.73 Å². The third-order valence-electron chi connectivity index (χ3n) is 2.52. The average Bonchev–Trinajstić information content (AvgIpc) is 2.16. The maximum Gasteiger partial charge on any atom is 0.416 e. The van der Waals surface area contributed by atoms with Crippen LogP contribution in [0.1, 0.15) is 25.0 Å².